The molecule has 0 spiro atoms. The maximum atomic E-state index is 11.6. The lowest BCUT2D eigenvalue weighted by Crippen LogP contribution is -2.05. The van der Waals surface area contributed by atoms with Crippen molar-refractivity contribution in [2.75, 3.05) is 6.61 Å². The van der Waals surface area contributed by atoms with E-state index in [0.717, 1.165) is 18.4 Å². The fourth-order valence-electron chi connectivity index (χ4n) is 1.67. The fourth-order valence-corrected chi connectivity index (χ4v) is 1.67. The minimum Gasteiger partial charge on any atom is -0.462 e. The summed E-state index contributed by atoms with van der Waals surface area (Å²) in [7, 11) is 0. The van der Waals surface area contributed by atoms with Crippen LogP contribution >= 0.6 is 0 Å². The summed E-state index contributed by atoms with van der Waals surface area (Å²) >= 11 is 0. The molecule has 0 aliphatic rings. The summed E-state index contributed by atoms with van der Waals surface area (Å²) in [5, 5.41) is 0. The number of unbranched alkanes of at least 4 members (excludes halogenated alkanes) is 1. The zero-order valence-electron chi connectivity index (χ0n) is 11.2. The first-order valence-corrected chi connectivity index (χ1v) is 6.62. The molecular weight excluding hydrogens is 248 g/mol. The number of carbonyl (C=O) groups excluding carboxylic acids is 1. The molecule has 2 heteroatoms. The zero-order chi connectivity index (χ0) is 14.0. The minimum atomic E-state index is -0.276. The van der Waals surface area contributed by atoms with Crippen molar-refractivity contribution in [1.29, 1.82) is 0 Å². The summed E-state index contributed by atoms with van der Waals surface area (Å²) < 4.78 is 5.17. The van der Waals surface area contributed by atoms with Crippen LogP contribution in [-0.4, -0.2) is 12.6 Å². The first kappa shape index (κ1) is 13.9. The van der Waals surface area contributed by atoms with E-state index >= 15 is 0 Å². The molecular formula is C18H16O2. The van der Waals surface area contributed by atoms with Gasteiger partial charge < -0.3 is 4.74 Å². The summed E-state index contributed by atoms with van der Waals surface area (Å²) in [6, 6.07) is 18.9. The molecule has 2 aromatic rings. The minimum absolute atomic E-state index is 0.276. The van der Waals surface area contributed by atoms with Gasteiger partial charge in [-0.05, 0) is 30.7 Å². The van der Waals surface area contributed by atoms with Crippen molar-refractivity contribution >= 4 is 5.97 Å². The molecule has 2 rings (SSSR count). The summed E-state index contributed by atoms with van der Waals surface area (Å²) in [6.07, 6.45) is 1.47. The maximum Gasteiger partial charge on any atom is 0.338 e. The Bertz CT molecular complexity index is 592. The van der Waals surface area contributed by atoms with Gasteiger partial charge in [0, 0.05) is 12.0 Å². The summed E-state index contributed by atoms with van der Waals surface area (Å²) in [5.74, 6) is 5.87. The van der Waals surface area contributed by atoms with Crippen LogP contribution in [0.3, 0.4) is 0 Å². The van der Waals surface area contributed by atoms with Crippen LogP contribution in [0.1, 0.15) is 28.8 Å². The van der Waals surface area contributed by atoms with Crippen molar-refractivity contribution in [3.63, 3.8) is 0 Å². The first-order chi connectivity index (χ1) is 9.86. The zero-order valence-corrected chi connectivity index (χ0v) is 11.2. The van der Waals surface area contributed by atoms with Gasteiger partial charge in [0.1, 0.15) is 0 Å². The van der Waals surface area contributed by atoms with E-state index < -0.39 is 0 Å². The van der Waals surface area contributed by atoms with Gasteiger partial charge in [0.15, 0.2) is 0 Å². The van der Waals surface area contributed by atoms with Gasteiger partial charge in [-0.1, -0.05) is 48.2 Å². The normalized spacial score (nSPS) is 9.40. The predicted molar refractivity (Wildman–Crippen MR) is 79.3 cm³/mol. The third-order valence-electron chi connectivity index (χ3n) is 2.70. The highest BCUT2D eigenvalue weighted by molar-refractivity contribution is 5.89. The Balaban J connectivity index is 1.68. The molecule has 0 saturated carbocycles. The van der Waals surface area contributed by atoms with Crippen LogP contribution in [0.5, 0.6) is 0 Å². The Labute approximate surface area is 119 Å². The molecule has 0 atom stereocenters. The fraction of sp³-hybridized carbons (Fsp3) is 0.167. The van der Waals surface area contributed by atoms with E-state index in [-0.39, 0.29) is 5.97 Å². The average molecular weight is 264 g/mol. The lowest BCUT2D eigenvalue weighted by atomic mass is 10.2. The van der Waals surface area contributed by atoms with Crippen LogP contribution in [0.15, 0.2) is 60.7 Å². The number of hydrogen-bond acceptors (Lipinski definition) is 2. The van der Waals surface area contributed by atoms with E-state index in [4.69, 9.17) is 4.74 Å². The summed E-state index contributed by atoms with van der Waals surface area (Å²) in [6.45, 7) is 0.400. The van der Waals surface area contributed by atoms with Crippen molar-refractivity contribution in [3.05, 3.63) is 71.8 Å². The van der Waals surface area contributed by atoms with Gasteiger partial charge in [0.2, 0.25) is 0 Å². The van der Waals surface area contributed by atoms with Gasteiger partial charge in [0.05, 0.1) is 12.2 Å². The number of benzene rings is 2. The van der Waals surface area contributed by atoms with Crippen LogP contribution in [0.2, 0.25) is 0 Å². The maximum absolute atomic E-state index is 11.6. The Hall–Kier alpha value is -2.53. The molecule has 0 heterocycles. The second kappa shape index (κ2) is 7.81. The van der Waals surface area contributed by atoms with Gasteiger partial charge in [-0.3, -0.25) is 0 Å². The Morgan fingerprint density at radius 2 is 1.60 bits per heavy atom. The molecule has 0 radical (unpaired) electrons. The lowest BCUT2D eigenvalue weighted by molar-refractivity contribution is 0.0502. The van der Waals surface area contributed by atoms with E-state index in [2.05, 4.69) is 11.8 Å². The molecule has 0 amide bonds. The second-order valence-corrected chi connectivity index (χ2v) is 4.27. The van der Waals surface area contributed by atoms with E-state index in [1.807, 2.05) is 48.5 Å². The molecule has 0 fully saturated rings. The molecule has 0 unspecified atom stereocenters. The molecule has 0 aliphatic heterocycles. The molecule has 20 heavy (non-hydrogen) atoms. The van der Waals surface area contributed by atoms with E-state index in [0.29, 0.717) is 12.2 Å². The van der Waals surface area contributed by atoms with Crippen LogP contribution in [0.4, 0.5) is 0 Å². The average Bonchev–Trinajstić information content (AvgIpc) is 2.52. The SMILES string of the molecule is O=C(OCCCC#Cc1ccccc1)c1ccccc1. The highest BCUT2D eigenvalue weighted by Crippen LogP contribution is 2.02. The highest BCUT2D eigenvalue weighted by atomic mass is 16.5. The van der Waals surface area contributed by atoms with Gasteiger partial charge in [0.25, 0.3) is 0 Å². The second-order valence-electron chi connectivity index (χ2n) is 4.27. The van der Waals surface area contributed by atoms with Gasteiger partial charge >= 0.3 is 5.97 Å². The standard InChI is InChI=1S/C18H16O2/c19-18(17-13-7-2-8-14-17)20-15-9-3-6-12-16-10-4-1-5-11-16/h1-2,4-5,7-8,10-11,13-14H,3,9,15H2. The van der Waals surface area contributed by atoms with Gasteiger partial charge in [-0.2, -0.15) is 0 Å². The Morgan fingerprint density at radius 1 is 0.950 bits per heavy atom. The lowest BCUT2D eigenvalue weighted by Gasteiger charge is -2.02. The van der Waals surface area contributed by atoms with Gasteiger partial charge in [-0.25, -0.2) is 4.79 Å². The van der Waals surface area contributed by atoms with E-state index in [9.17, 15) is 4.79 Å². The van der Waals surface area contributed by atoms with E-state index in [1.54, 1.807) is 12.1 Å². The van der Waals surface area contributed by atoms with Crippen molar-refractivity contribution < 1.29 is 9.53 Å². The quantitative estimate of drug-likeness (QED) is 0.478. The van der Waals surface area contributed by atoms with Crippen LogP contribution in [-0.2, 0) is 4.74 Å². The molecule has 0 N–H and O–H groups in total. The molecule has 2 nitrogen and oxygen atoms in total. The monoisotopic (exact) mass is 264 g/mol. The highest BCUT2D eigenvalue weighted by Gasteiger charge is 2.04. The van der Waals surface area contributed by atoms with E-state index in [1.165, 1.54) is 0 Å². The number of rotatable bonds is 4. The topological polar surface area (TPSA) is 26.3 Å². The van der Waals surface area contributed by atoms with Crippen LogP contribution in [0, 0.1) is 11.8 Å². The third kappa shape index (κ3) is 4.62. The van der Waals surface area contributed by atoms with Crippen molar-refractivity contribution in [1.82, 2.24) is 0 Å². The summed E-state index contributed by atoms with van der Waals surface area (Å²) in [4.78, 5) is 11.6. The van der Waals surface area contributed by atoms with Crippen molar-refractivity contribution in [2.24, 2.45) is 0 Å². The number of carbonyl (C=O) groups is 1. The Kier molecular flexibility index (Phi) is 5.42. The summed E-state index contributed by atoms with van der Waals surface area (Å²) in [5.41, 5.74) is 1.59. The molecule has 0 saturated heterocycles. The van der Waals surface area contributed by atoms with Crippen LogP contribution in [0.25, 0.3) is 0 Å². The van der Waals surface area contributed by atoms with Gasteiger partial charge in [-0.15, -0.1) is 0 Å². The predicted octanol–water partition coefficient (Wildman–Crippen LogP) is 3.68. The first-order valence-electron chi connectivity index (χ1n) is 6.62. The third-order valence-corrected chi connectivity index (χ3v) is 2.70. The van der Waals surface area contributed by atoms with Crippen LogP contribution < -0.4 is 0 Å². The number of hydrogen-bond donors (Lipinski definition) is 0. The largest absolute Gasteiger partial charge is 0.462 e. The molecule has 2 aromatic carbocycles. The number of esters is 1. The smallest absolute Gasteiger partial charge is 0.338 e. The Morgan fingerprint density at radius 3 is 2.30 bits per heavy atom. The molecule has 100 valence electrons. The van der Waals surface area contributed by atoms with Crippen molar-refractivity contribution in [2.45, 2.75) is 12.8 Å². The molecule has 0 bridgehead atoms. The molecule has 0 aliphatic carbocycles. The molecule has 0 aromatic heterocycles. The van der Waals surface area contributed by atoms with Crippen molar-refractivity contribution in [3.8, 4) is 11.8 Å². The number of ether oxygens (including phenoxy) is 1.